The van der Waals surface area contributed by atoms with Gasteiger partial charge in [-0.15, -0.1) is 0 Å². The molecule has 0 aliphatic rings. The molecule has 0 saturated carbocycles. The summed E-state index contributed by atoms with van der Waals surface area (Å²) in [5.41, 5.74) is 8.09. The van der Waals surface area contributed by atoms with Crippen molar-refractivity contribution in [3.8, 4) is 0 Å². The van der Waals surface area contributed by atoms with Crippen LogP contribution >= 0.6 is 0 Å². The van der Waals surface area contributed by atoms with Gasteiger partial charge in [0.05, 0.1) is 17.1 Å². The summed E-state index contributed by atoms with van der Waals surface area (Å²) in [5, 5.41) is 7.10. The van der Waals surface area contributed by atoms with Crippen molar-refractivity contribution >= 4 is 11.6 Å². The number of nitrogens with two attached hydrogens (primary N) is 1. The van der Waals surface area contributed by atoms with E-state index in [1.165, 1.54) is 0 Å². The first kappa shape index (κ1) is 14.5. The van der Waals surface area contributed by atoms with Gasteiger partial charge in [-0.05, 0) is 40.9 Å². The van der Waals surface area contributed by atoms with Crippen LogP contribution in [0.25, 0.3) is 0 Å². The smallest absolute Gasteiger partial charge is 0.241 e. The first-order valence-electron chi connectivity index (χ1n) is 6.12. The average Bonchev–Trinajstić information content (AvgIpc) is 2.52. The summed E-state index contributed by atoms with van der Waals surface area (Å²) in [6.45, 7) is 5.59. The Labute approximate surface area is 108 Å². The van der Waals surface area contributed by atoms with Crippen molar-refractivity contribution in [2.24, 2.45) is 0 Å². The maximum absolute atomic E-state index is 11.7. The third-order valence-electron chi connectivity index (χ3n) is 2.84. The van der Waals surface area contributed by atoms with Crippen molar-refractivity contribution in [2.75, 3.05) is 32.9 Å². The van der Waals surface area contributed by atoms with Crippen LogP contribution in [0.3, 0.4) is 0 Å². The predicted molar refractivity (Wildman–Crippen MR) is 72.3 cm³/mol. The van der Waals surface area contributed by atoms with E-state index in [4.69, 9.17) is 5.73 Å². The van der Waals surface area contributed by atoms with Crippen LogP contribution in [0.5, 0.6) is 0 Å². The van der Waals surface area contributed by atoms with Gasteiger partial charge in [-0.1, -0.05) is 0 Å². The van der Waals surface area contributed by atoms with E-state index >= 15 is 0 Å². The van der Waals surface area contributed by atoms with Crippen LogP contribution in [-0.4, -0.2) is 47.8 Å². The van der Waals surface area contributed by atoms with E-state index in [-0.39, 0.29) is 12.5 Å². The van der Waals surface area contributed by atoms with E-state index in [0.717, 1.165) is 24.4 Å². The number of aromatic nitrogens is 2. The molecule has 1 amide bonds. The lowest BCUT2D eigenvalue weighted by Crippen LogP contribution is -2.30. The van der Waals surface area contributed by atoms with Crippen molar-refractivity contribution < 1.29 is 4.79 Å². The number of hydrogen-bond acceptors (Lipinski definition) is 4. The summed E-state index contributed by atoms with van der Waals surface area (Å²) in [7, 11) is 4.03. The van der Waals surface area contributed by atoms with Crippen molar-refractivity contribution in [2.45, 2.75) is 26.8 Å². The molecular weight excluding hydrogens is 230 g/mol. The molecule has 1 heterocycles. The molecule has 0 atom stereocenters. The molecule has 1 rings (SSSR count). The quantitative estimate of drug-likeness (QED) is 0.708. The number of carbonyl (C=O) groups excluding carboxylic acids is 1. The molecule has 0 saturated heterocycles. The molecule has 0 bridgehead atoms. The Kier molecular flexibility index (Phi) is 5.15. The number of nitrogen functional groups attached to an aromatic ring is 1. The van der Waals surface area contributed by atoms with Crippen LogP contribution in [0.2, 0.25) is 0 Å². The van der Waals surface area contributed by atoms with Crippen LogP contribution in [0.15, 0.2) is 0 Å². The van der Waals surface area contributed by atoms with Crippen LogP contribution in [-0.2, 0) is 11.3 Å². The summed E-state index contributed by atoms with van der Waals surface area (Å²) in [6.07, 6.45) is 0.942. The fraction of sp³-hybridized carbons (Fsp3) is 0.667. The number of carbonyl (C=O) groups is 1. The molecule has 0 spiro atoms. The summed E-state index contributed by atoms with van der Waals surface area (Å²) in [4.78, 5) is 13.8. The van der Waals surface area contributed by atoms with E-state index in [9.17, 15) is 4.79 Å². The second-order valence-corrected chi connectivity index (χ2v) is 4.75. The number of hydrogen-bond donors (Lipinski definition) is 2. The lowest BCUT2D eigenvalue weighted by atomic mass is 10.3. The highest BCUT2D eigenvalue weighted by atomic mass is 16.2. The Morgan fingerprint density at radius 2 is 2.11 bits per heavy atom. The van der Waals surface area contributed by atoms with E-state index in [1.54, 1.807) is 4.68 Å². The third kappa shape index (κ3) is 4.03. The molecule has 3 N–H and O–H groups in total. The molecule has 18 heavy (non-hydrogen) atoms. The Morgan fingerprint density at radius 1 is 1.44 bits per heavy atom. The SMILES string of the molecule is Cc1nn(CC(=O)NCCCN(C)C)c(C)c1N. The first-order valence-corrected chi connectivity index (χ1v) is 6.12. The number of aryl methyl sites for hydroxylation is 1. The predicted octanol–water partition coefficient (Wildman–Crippen LogP) is 0.150. The Hall–Kier alpha value is -1.56. The third-order valence-corrected chi connectivity index (χ3v) is 2.84. The highest BCUT2D eigenvalue weighted by molar-refractivity contribution is 5.75. The highest BCUT2D eigenvalue weighted by Crippen LogP contribution is 2.14. The standard InChI is InChI=1S/C12H23N5O/c1-9-12(13)10(2)17(15-9)8-11(18)14-6-5-7-16(3)4/h5-8,13H2,1-4H3,(H,14,18). The van der Waals surface area contributed by atoms with Crippen LogP contribution in [0.1, 0.15) is 17.8 Å². The zero-order valence-electron chi connectivity index (χ0n) is 11.7. The van der Waals surface area contributed by atoms with Gasteiger partial charge in [0.1, 0.15) is 6.54 Å². The average molecular weight is 253 g/mol. The van der Waals surface area contributed by atoms with Crippen molar-refractivity contribution in [3.05, 3.63) is 11.4 Å². The summed E-state index contributed by atoms with van der Waals surface area (Å²) in [5.74, 6) is -0.0284. The molecule has 0 aliphatic heterocycles. The minimum absolute atomic E-state index is 0.0284. The van der Waals surface area contributed by atoms with E-state index in [2.05, 4.69) is 15.3 Å². The van der Waals surface area contributed by atoms with Gasteiger partial charge in [-0.25, -0.2) is 0 Å². The summed E-state index contributed by atoms with van der Waals surface area (Å²) < 4.78 is 1.64. The van der Waals surface area contributed by atoms with Crippen molar-refractivity contribution in [1.29, 1.82) is 0 Å². The Morgan fingerprint density at radius 3 is 2.61 bits per heavy atom. The molecule has 0 aliphatic carbocycles. The fourth-order valence-corrected chi connectivity index (χ4v) is 1.68. The zero-order valence-corrected chi connectivity index (χ0v) is 11.7. The largest absolute Gasteiger partial charge is 0.396 e. The highest BCUT2D eigenvalue weighted by Gasteiger charge is 2.10. The van der Waals surface area contributed by atoms with Crippen LogP contribution in [0, 0.1) is 13.8 Å². The van der Waals surface area contributed by atoms with Gasteiger partial charge in [-0.2, -0.15) is 5.10 Å². The number of nitrogens with one attached hydrogen (secondary N) is 1. The number of amides is 1. The van der Waals surface area contributed by atoms with Gasteiger partial charge in [0.25, 0.3) is 0 Å². The van der Waals surface area contributed by atoms with Gasteiger partial charge in [0, 0.05) is 6.54 Å². The number of nitrogens with zero attached hydrogens (tertiary/aromatic N) is 3. The number of anilines is 1. The minimum Gasteiger partial charge on any atom is -0.396 e. The maximum Gasteiger partial charge on any atom is 0.241 e. The van der Waals surface area contributed by atoms with Crippen molar-refractivity contribution in [3.63, 3.8) is 0 Å². The van der Waals surface area contributed by atoms with Gasteiger partial charge < -0.3 is 16.0 Å². The minimum atomic E-state index is -0.0284. The van der Waals surface area contributed by atoms with E-state index in [0.29, 0.717) is 12.2 Å². The van der Waals surface area contributed by atoms with E-state index in [1.807, 2.05) is 27.9 Å². The molecular formula is C12H23N5O. The molecule has 0 radical (unpaired) electrons. The second kappa shape index (κ2) is 6.39. The van der Waals surface area contributed by atoms with E-state index < -0.39 is 0 Å². The van der Waals surface area contributed by atoms with Crippen LogP contribution in [0.4, 0.5) is 5.69 Å². The fourth-order valence-electron chi connectivity index (χ4n) is 1.68. The lowest BCUT2D eigenvalue weighted by molar-refractivity contribution is -0.121. The maximum atomic E-state index is 11.7. The molecule has 6 nitrogen and oxygen atoms in total. The topological polar surface area (TPSA) is 76.2 Å². The summed E-state index contributed by atoms with van der Waals surface area (Å²) in [6, 6.07) is 0. The van der Waals surface area contributed by atoms with Gasteiger partial charge >= 0.3 is 0 Å². The molecule has 1 aromatic heterocycles. The summed E-state index contributed by atoms with van der Waals surface area (Å²) >= 11 is 0. The zero-order chi connectivity index (χ0) is 13.7. The van der Waals surface area contributed by atoms with Gasteiger partial charge in [-0.3, -0.25) is 9.48 Å². The second-order valence-electron chi connectivity index (χ2n) is 4.75. The number of rotatable bonds is 6. The molecule has 0 unspecified atom stereocenters. The van der Waals surface area contributed by atoms with Crippen molar-refractivity contribution in [1.82, 2.24) is 20.0 Å². The monoisotopic (exact) mass is 253 g/mol. The Bertz CT molecular complexity index is 411. The van der Waals surface area contributed by atoms with Gasteiger partial charge in [0.15, 0.2) is 0 Å². The first-order chi connectivity index (χ1) is 8.41. The molecule has 102 valence electrons. The Balaban J connectivity index is 2.38. The molecule has 0 fully saturated rings. The molecule has 1 aromatic rings. The van der Waals surface area contributed by atoms with Gasteiger partial charge in [0.2, 0.25) is 5.91 Å². The van der Waals surface area contributed by atoms with Crippen LogP contribution < -0.4 is 11.1 Å². The molecule has 0 aromatic carbocycles. The molecule has 6 heteroatoms. The lowest BCUT2D eigenvalue weighted by Gasteiger charge is -2.10. The normalized spacial score (nSPS) is 10.9.